The van der Waals surface area contributed by atoms with Gasteiger partial charge in [-0.3, -0.25) is 9.59 Å². The highest BCUT2D eigenvalue weighted by Gasteiger charge is 2.62. The maximum atomic E-state index is 12.6. The van der Waals surface area contributed by atoms with Gasteiger partial charge in [-0.15, -0.1) is 11.3 Å². The van der Waals surface area contributed by atoms with Gasteiger partial charge in [-0.05, 0) is 67.7 Å². The van der Waals surface area contributed by atoms with E-state index in [9.17, 15) is 9.59 Å². The molecule has 1 aromatic rings. The Morgan fingerprint density at radius 3 is 2.75 bits per heavy atom. The van der Waals surface area contributed by atoms with Gasteiger partial charge in [0.2, 0.25) is 5.91 Å². The molecule has 24 heavy (non-hydrogen) atoms. The lowest BCUT2D eigenvalue weighted by Gasteiger charge is -2.27. The van der Waals surface area contributed by atoms with Crippen LogP contribution in [0, 0.1) is 23.2 Å². The van der Waals surface area contributed by atoms with Crippen LogP contribution in [0.15, 0.2) is 29.7 Å². The van der Waals surface area contributed by atoms with Gasteiger partial charge in [-0.2, -0.15) is 0 Å². The summed E-state index contributed by atoms with van der Waals surface area (Å²) in [6.07, 6.45) is 8.66. The Labute approximate surface area is 146 Å². The summed E-state index contributed by atoms with van der Waals surface area (Å²) in [5, 5.41) is 7.78. The summed E-state index contributed by atoms with van der Waals surface area (Å²) < 4.78 is 0. The standard InChI is InChI=1S/C19H24N2O2S/c1-18(2,21-16(22)15-4-3-9-24-15)17(23)20-11-12-10-13-5-6-14(12)19(13)7-8-19/h3-6,9,12-14H,7-8,10-11H2,1-2H3,(H,20,23)(H,21,22)/t12-,13-,14-/m0/s1. The van der Waals surface area contributed by atoms with E-state index in [1.54, 1.807) is 19.9 Å². The third-order valence-electron chi connectivity index (χ3n) is 6.11. The van der Waals surface area contributed by atoms with Gasteiger partial charge in [0.25, 0.3) is 5.91 Å². The van der Waals surface area contributed by atoms with Crippen molar-refractivity contribution >= 4 is 23.2 Å². The molecule has 2 fully saturated rings. The van der Waals surface area contributed by atoms with Gasteiger partial charge in [-0.1, -0.05) is 18.2 Å². The van der Waals surface area contributed by atoms with Crippen molar-refractivity contribution in [2.45, 2.75) is 38.6 Å². The van der Waals surface area contributed by atoms with E-state index in [-0.39, 0.29) is 11.8 Å². The van der Waals surface area contributed by atoms with Crippen molar-refractivity contribution in [1.29, 1.82) is 0 Å². The second-order valence-corrected chi connectivity index (χ2v) is 8.96. The maximum absolute atomic E-state index is 12.6. The molecule has 3 aliphatic rings. The first-order valence-electron chi connectivity index (χ1n) is 8.75. The first-order chi connectivity index (χ1) is 11.4. The van der Waals surface area contributed by atoms with Crippen LogP contribution in [-0.4, -0.2) is 23.9 Å². The molecule has 0 saturated heterocycles. The van der Waals surface area contributed by atoms with Gasteiger partial charge in [-0.25, -0.2) is 0 Å². The van der Waals surface area contributed by atoms with E-state index in [1.165, 1.54) is 30.6 Å². The van der Waals surface area contributed by atoms with Crippen LogP contribution in [0.3, 0.4) is 0 Å². The van der Waals surface area contributed by atoms with Crippen LogP contribution in [0.2, 0.25) is 0 Å². The minimum absolute atomic E-state index is 0.107. The zero-order valence-electron chi connectivity index (χ0n) is 14.2. The highest BCUT2D eigenvalue weighted by molar-refractivity contribution is 7.12. The number of hydrogen-bond acceptors (Lipinski definition) is 3. The molecule has 0 aliphatic heterocycles. The molecule has 5 heteroatoms. The molecule has 2 saturated carbocycles. The quantitative estimate of drug-likeness (QED) is 0.807. The summed E-state index contributed by atoms with van der Waals surface area (Å²) in [5.41, 5.74) is -0.357. The van der Waals surface area contributed by atoms with Gasteiger partial charge in [0.1, 0.15) is 5.54 Å². The van der Waals surface area contributed by atoms with Crippen LogP contribution in [0.4, 0.5) is 0 Å². The zero-order chi connectivity index (χ0) is 16.9. The molecule has 3 atom stereocenters. The maximum Gasteiger partial charge on any atom is 0.262 e. The Bertz CT molecular complexity index is 688. The van der Waals surface area contributed by atoms with E-state index in [4.69, 9.17) is 0 Å². The van der Waals surface area contributed by atoms with E-state index < -0.39 is 5.54 Å². The molecule has 0 aromatic carbocycles. The average molecular weight is 344 g/mol. The van der Waals surface area contributed by atoms with Crippen molar-refractivity contribution in [3.63, 3.8) is 0 Å². The summed E-state index contributed by atoms with van der Waals surface area (Å²) in [5.74, 6) is 1.63. The van der Waals surface area contributed by atoms with Crippen LogP contribution in [0.1, 0.15) is 42.8 Å². The molecule has 0 radical (unpaired) electrons. The number of rotatable bonds is 5. The monoisotopic (exact) mass is 344 g/mol. The number of carbonyl (C=O) groups is 2. The van der Waals surface area contributed by atoms with Crippen molar-refractivity contribution < 1.29 is 9.59 Å². The molecular formula is C19H24N2O2S. The predicted octanol–water partition coefficient (Wildman–Crippen LogP) is 2.98. The third kappa shape index (κ3) is 2.50. The van der Waals surface area contributed by atoms with Crippen LogP contribution in [0.5, 0.6) is 0 Å². The molecule has 4 rings (SSSR count). The fraction of sp³-hybridized carbons (Fsp3) is 0.579. The lowest BCUT2D eigenvalue weighted by molar-refractivity contribution is -0.126. The van der Waals surface area contributed by atoms with Crippen molar-refractivity contribution in [2.24, 2.45) is 23.2 Å². The number of hydrogen-bond donors (Lipinski definition) is 2. The fourth-order valence-electron chi connectivity index (χ4n) is 4.61. The molecule has 3 aliphatic carbocycles. The Hall–Kier alpha value is -1.62. The molecule has 0 unspecified atom stereocenters. The first-order valence-corrected chi connectivity index (χ1v) is 9.63. The predicted molar refractivity (Wildman–Crippen MR) is 94.8 cm³/mol. The Balaban J connectivity index is 1.32. The molecule has 1 spiro atoms. The number of carbonyl (C=O) groups excluding carboxylic acids is 2. The van der Waals surface area contributed by atoms with Crippen LogP contribution >= 0.6 is 11.3 Å². The second kappa shape index (κ2) is 5.45. The summed E-state index contributed by atoms with van der Waals surface area (Å²) in [6, 6.07) is 3.60. The Morgan fingerprint density at radius 2 is 2.12 bits per heavy atom. The van der Waals surface area contributed by atoms with Gasteiger partial charge < -0.3 is 10.6 Å². The molecule has 2 bridgehead atoms. The summed E-state index contributed by atoms with van der Waals surface area (Å²) in [6.45, 7) is 4.23. The molecule has 4 nitrogen and oxygen atoms in total. The average Bonchev–Trinajstić information content (AvgIpc) is 2.91. The number of amides is 2. The largest absolute Gasteiger partial charge is 0.354 e. The van der Waals surface area contributed by atoms with Crippen molar-refractivity contribution in [3.8, 4) is 0 Å². The van der Waals surface area contributed by atoms with Crippen molar-refractivity contribution in [2.75, 3.05) is 6.54 Å². The van der Waals surface area contributed by atoms with Gasteiger partial charge in [0, 0.05) is 6.54 Å². The zero-order valence-corrected chi connectivity index (χ0v) is 15.0. The minimum atomic E-state index is -0.911. The highest BCUT2D eigenvalue weighted by Crippen LogP contribution is 2.69. The van der Waals surface area contributed by atoms with Crippen molar-refractivity contribution in [3.05, 3.63) is 34.5 Å². The van der Waals surface area contributed by atoms with E-state index in [2.05, 4.69) is 22.8 Å². The van der Waals surface area contributed by atoms with Crippen molar-refractivity contribution in [1.82, 2.24) is 10.6 Å². The minimum Gasteiger partial charge on any atom is -0.354 e. The van der Waals surface area contributed by atoms with Crippen LogP contribution in [0.25, 0.3) is 0 Å². The number of nitrogens with one attached hydrogen (secondary N) is 2. The van der Waals surface area contributed by atoms with E-state index in [0.717, 1.165) is 5.92 Å². The normalized spacial score (nSPS) is 29.0. The van der Waals surface area contributed by atoms with Gasteiger partial charge in [0.15, 0.2) is 0 Å². The summed E-state index contributed by atoms with van der Waals surface area (Å²) in [7, 11) is 0. The molecule has 2 N–H and O–H groups in total. The molecular weight excluding hydrogens is 320 g/mol. The molecule has 1 aromatic heterocycles. The lowest BCUT2D eigenvalue weighted by atomic mass is 9.88. The SMILES string of the molecule is CC(C)(NC(=O)c1cccs1)C(=O)NC[C@@H]1C[C@@H]2C=C[C@@H]1C21CC1. The van der Waals surface area contributed by atoms with E-state index in [0.29, 0.717) is 28.7 Å². The smallest absolute Gasteiger partial charge is 0.262 e. The first kappa shape index (κ1) is 15.9. The van der Waals surface area contributed by atoms with Gasteiger partial charge in [0.05, 0.1) is 4.88 Å². The van der Waals surface area contributed by atoms with Gasteiger partial charge >= 0.3 is 0 Å². The van der Waals surface area contributed by atoms with Crippen LogP contribution < -0.4 is 10.6 Å². The Kier molecular flexibility index (Phi) is 3.60. The molecule has 2 amide bonds. The summed E-state index contributed by atoms with van der Waals surface area (Å²) in [4.78, 5) is 25.4. The topological polar surface area (TPSA) is 58.2 Å². The van der Waals surface area contributed by atoms with Crippen LogP contribution in [-0.2, 0) is 4.79 Å². The molecule has 1 heterocycles. The number of allylic oxidation sites excluding steroid dienone is 2. The van der Waals surface area contributed by atoms with E-state index in [1.807, 2.05) is 11.4 Å². The lowest BCUT2D eigenvalue weighted by Crippen LogP contribution is -2.55. The molecule has 128 valence electrons. The van der Waals surface area contributed by atoms with E-state index >= 15 is 0 Å². The second-order valence-electron chi connectivity index (χ2n) is 8.01. The fourth-order valence-corrected chi connectivity index (χ4v) is 5.23. The number of thiophene rings is 1. The highest BCUT2D eigenvalue weighted by atomic mass is 32.1. The third-order valence-corrected chi connectivity index (χ3v) is 6.98. The Morgan fingerprint density at radius 1 is 1.33 bits per heavy atom. The summed E-state index contributed by atoms with van der Waals surface area (Å²) >= 11 is 1.38.